The average Bonchev–Trinajstić information content (AvgIpc) is 3.26. The highest BCUT2D eigenvalue weighted by Crippen LogP contribution is 2.22. The van der Waals surface area contributed by atoms with Crippen molar-refractivity contribution < 1.29 is 14.0 Å². The van der Waals surface area contributed by atoms with Crippen LogP contribution in [0.25, 0.3) is 0 Å². The van der Waals surface area contributed by atoms with Crippen LogP contribution in [0.3, 0.4) is 0 Å². The second kappa shape index (κ2) is 9.80. The number of amides is 2. The number of carbonyl (C=O) groups excluding carboxylic acids is 2. The first-order valence-corrected chi connectivity index (χ1v) is 9.98. The molecule has 2 amide bonds. The molecule has 0 aliphatic rings. The van der Waals surface area contributed by atoms with Crippen molar-refractivity contribution in [3.8, 4) is 0 Å². The number of halogens is 1. The van der Waals surface area contributed by atoms with Crippen LogP contribution in [0.5, 0.6) is 0 Å². The van der Waals surface area contributed by atoms with Gasteiger partial charge in [-0.2, -0.15) is 11.3 Å². The third-order valence-electron chi connectivity index (χ3n) is 4.29. The molecular formula is C22H21FN2O2S. The first kappa shape index (κ1) is 19.8. The van der Waals surface area contributed by atoms with Crippen LogP contribution >= 0.6 is 11.3 Å². The van der Waals surface area contributed by atoms with E-state index in [1.807, 2.05) is 35.7 Å². The van der Waals surface area contributed by atoms with Crippen LogP contribution in [0.1, 0.15) is 40.4 Å². The molecule has 4 nitrogen and oxygen atoms in total. The van der Waals surface area contributed by atoms with Crippen molar-refractivity contribution >= 4 is 23.2 Å². The van der Waals surface area contributed by atoms with E-state index in [-0.39, 0.29) is 30.1 Å². The highest BCUT2D eigenvalue weighted by Gasteiger charge is 2.16. The van der Waals surface area contributed by atoms with Crippen LogP contribution in [-0.2, 0) is 4.79 Å². The summed E-state index contributed by atoms with van der Waals surface area (Å²) in [5.41, 5.74) is 2.37. The van der Waals surface area contributed by atoms with Gasteiger partial charge in [-0.3, -0.25) is 9.59 Å². The fourth-order valence-electron chi connectivity index (χ4n) is 2.84. The molecule has 6 heteroatoms. The van der Waals surface area contributed by atoms with Gasteiger partial charge in [0.15, 0.2) is 0 Å². The van der Waals surface area contributed by atoms with E-state index in [2.05, 4.69) is 10.6 Å². The van der Waals surface area contributed by atoms with Gasteiger partial charge in [-0.1, -0.05) is 42.5 Å². The van der Waals surface area contributed by atoms with E-state index < -0.39 is 0 Å². The van der Waals surface area contributed by atoms with E-state index in [0.29, 0.717) is 18.5 Å². The molecule has 0 aliphatic carbocycles. The lowest BCUT2D eigenvalue weighted by atomic mass is 9.98. The van der Waals surface area contributed by atoms with E-state index in [9.17, 15) is 14.0 Å². The van der Waals surface area contributed by atoms with Crippen molar-refractivity contribution in [2.45, 2.75) is 18.9 Å². The fraction of sp³-hybridized carbons (Fsp3) is 0.182. The van der Waals surface area contributed by atoms with Crippen LogP contribution in [0.4, 0.5) is 4.39 Å². The lowest BCUT2D eigenvalue weighted by molar-refractivity contribution is -0.121. The zero-order chi connectivity index (χ0) is 19.8. The fourth-order valence-corrected chi connectivity index (χ4v) is 3.48. The number of thiophene rings is 1. The highest BCUT2D eigenvalue weighted by atomic mass is 32.1. The molecule has 0 fully saturated rings. The summed E-state index contributed by atoms with van der Waals surface area (Å²) in [6.07, 6.45) is 0.821. The number of carbonyl (C=O) groups is 2. The Morgan fingerprint density at radius 2 is 1.68 bits per heavy atom. The Labute approximate surface area is 167 Å². The maximum absolute atomic E-state index is 13.3. The van der Waals surface area contributed by atoms with Crippen molar-refractivity contribution in [2.75, 3.05) is 6.54 Å². The molecule has 1 unspecified atom stereocenters. The molecule has 1 aromatic heterocycles. The Morgan fingerprint density at radius 1 is 0.964 bits per heavy atom. The van der Waals surface area contributed by atoms with Crippen molar-refractivity contribution in [1.29, 1.82) is 0 Å². The second-order valence-corrected chi connectivity index (χ2v) is 7.11. The number of benzene rings is 2. The van der Waals surface area contributed by atoms with E-state index in [0.717, 1.165) is 11.1 Å². The van der Waals surface area contributed by atoms with E-state index >= 15 is 0 Å². The summed E-state index contributed by atoms with van der Waals surface area (Å²) in [6, 6.07) is 17.1. The van der Waals surface area contributed by atoms with Crippen molar-refractivity contribution in [1.82, 2.24) is 10.6 Å². The number of nitrogens with one attached hydrogen (secondary N) is 2. The minimum absolute atomic E-state index is 0.122. The van der Waals surface area contributed by atoms with Gasteiger partial charge >= 0.3 is 0 Å². The molecule has 2 N–H and O–H groups in total. The number of hydrogen-bond donors (Lipinski definition) is 2. The number of rotatable bonds is 8. The molecule has 0 aliphatic heterocycles. The Bertz CT molecular complexity index is 896. The monoisotopic (exact) mass is 396 g/mol. The predicted octanol–water partition coefficient (Wildman–Crippen LogP) is 4.30. The smallest absolute Gasteiger partial charge is 0.252 e. The van der Waals surface area contributed by atoms with Crippen LogP contribution in [0, 0.1) is 5.82 Å². The Balaban J connectivity index is 1.55. The lowest BCUT2D eigenvalue weighted by Crippen LogP contribution is -2.30. The van der Waals surface area contributed by atoms with Gasteiger partial charge in [-0.05, 0) is 41.1 Å². The molecule has 3 rings (SSSR count). The SMILES string of the molecule is O=C(CCCNC(=O)c1ccsc1)NC(c1ccccc1)c1ccc(F)cc1. The van der Waals surface area contributed by atoms with Gasteiger partial charge in [-0.25, -0.2) is 4.39 Å². The molecule has 0 bridgehead atoms. The summed E-state index contributed by atoms with van der Waals surface area (Å²) in [7, 11) is 0. The normalized spacial score (nSPS) is 11.6. The largest absolute Gasteiger partial charge is 0.352 e. The zero-order valence-electron chi connectivity index (χ0n) is 15.2. The predicted molar refractivity (Wildman–Crippen MR) is 109 cm³/mol. The third-order valence-corrected chi connectivity index (χ3v) is 4.97. The molecule has 28 heavy (non-hydrogen) atoms. The molecule has 3 aromatic rings. The summed E-state index contributed by atoms with van der Waals surface area (Å²) in [5.74, 6) is -0.568. The summed E-state index contributed by atoms with van der Waals surface area (Å²) in [5, 5.41) is 9.46. The summed E-state index contributed by atoms with van der Waals surface area (Å²) in [4.78, 5) is 24.3. The Hall–Kier alpha value is -2.99. The van der Waals surface area contributed by atoms with Crippen LogP contribution in [0.2, 0.25) is 0 Å². The molecule has 0 saturated heterocycles. The first-order chi connectivity index (χ1) is 13.6. The second-order valence-electron chi connectivity index (χ2n) is 6.33. The van der Waals surface area contributed by atoms with E-state index in [1.54, 1.807) is 23.6 Å². The van der Waals surface area contributed by atoms with Crippen molar-refractivity contribution in [3.05, 3.63) is 93.9 Å². The van der Waals surface area contributed by atoms with Gasteiger partial charge in [0, 0.05) is 23.9 Å². The molecular weight excluding hydrogens is 375 g/mol. The van der Waals surface area contributed by atoms with Gasteiger partial charge in [-0.15, -0.1) is 0 Å². The lowest BCUT2D eigenvalue weighted by Gasteiger charge is -2.20. The maximum atomic E-state index is 13.3. The van der Waals surface area contributed by atoms with Crippen molar-refractivity contribution in [2.24, 2.45) is 0 Å². The van der Waals surface area contributed by atoms with Gasteiger partial charge in [0.1, 0.15) is 5.82 Å². The maximum Gasteiger partial charge on any atom is 0.252 e. The molecule has 1 atom stereocenters. The van der Waals surface area contributed by atoms with E-state index in [4.69, 9.17) is 0 Å². The first-order valence-electron chi connectivity index (χ1n) is 9.03. The molecule has 1 heterocycles. The Morgan fingerprint density at radius 3 is 2.36 bits per heavy atom. The van der Waals surface area contributed by atoms with Crippen LogP contribution in [-0.4, -0.2) is 18.4 Å². The van der Waals surface area contributed by atoms with Crippen molar-refractivity contribution in [3.63, 3.8) is 0 Å². The van der Waals surface area contributed by atoms with E-state index in [1.165, 1.54) is 23.5 Å². The molecule has 0 spiro atoms. The van der Waals surface area contributed by atoms with Crippen LogP contribution in [0.15, 0.2) is 71.4 Å². The topological polar surface area (TPSA) is 58.2 Å². The molecule has 0 radical (unpaired) electrons. The average molecular weight is 396 g/mol. The van der Waals surface area contributed by atoms with Gasteiger partial charge < -0.3 is 10.6 Å². The molecule has 2 aromatic carbocycles. The molecule has 144 valence electrons. The zero-order valence-corrected chi connectivity index (χ0v) is 16.0. The minimum atomic E-state index is -0.352. The molecule has 0 saturated carbocycles. The standard InChI is InChI=1S/C22H21FN2O2S/c23-19-10-8-17(9-11-19)21(16-5-2-1-3-6-16)25-20(26)7-4-13-24-22(27)18-12-14-28-15-18/h1-3,5-6,8-12,14-15,21H,4,7,13H2,(H,24,27)(H,25,26). The summed E-state index contributed by atoms with van der Waals surface area (Å²) < 4.78 is 13.3. The third kappa shape index (κ3) is 5.50. The Kier molecular flexibility index (Phi) is 6.92. The van der Waals surface area contributed by atoms with Gasteiger partial charge in [0.25, 0.3) is 5.91 Å². The number of hydrogen-bond acceptors (Lipinski definition) is 3. The highest BCUT2D eigenvalue weighted by molar-refractivity contribution is 7.08. The van der Waals surface area contributed by atoms with Gasteiger partial charge in [0.05, 0.1) is 6.04 Å². The quantitative estimate of drug-likeness (QED) is 0.558. The van der Waals surface area contributed by atoms with Crippen LogP contribution < -0.4 is 10.6 Å². The summed E-state index contributed by atoms with van der Waals surface area (Å²) >= 11 is 1.47. The summed E-state index contributed by atoms with van der Waals surface area (Å²) in [6.45, 7) is 0.425. The van der Waals surface area contributed by atoms with Gasteiger partial charge in [0.2, 0.25) is 5.91 Å². The minimum Gasteiger partial charge on any atom is -0.352 e.